The van der Waals surface area contributed by atoms with Crippen molar-refractivity contribution in [3.05, 3.63) is 51.9 Å². The number of thiazole rings is 1. The van der Waals surface area contributed by atoms with Crippen LogP contribution in [0.4, 0.5) is 0 Å². The van der Waals surface area contributed by atoms with Crippen LogP contribution < -0.4 is 0 Å². The van der Waals surface area contributed by atoms with Crippen molar-refractivity contribution in [2.45, 2.75) is 73.3 Å². The summed E-state index contributed by atoms with van der Waals surface area (Å²) in [6.45, 7) is 17.6. The summed E-state index contributed by atoms with van der Waals surface area (Å²) >= 11 is 1.79. The van der Waals surface area contributed by atoms with Crippen LogP contribution in [0.25, 0.3) is 0 Å². The quantitative estimate of drug-likeness (QED) is 0.210. The number of aromatic nitrogens is 1. The summed E-state index contributed by atoms with van der Waals surface area (Å²) in [6.07, 6.45) is 10.4. The number of hydrogen-bond donors (Lipinski definition) is 1. The normalized spacial score (nSPS) is 26.4. The molecule has 4 rings (SSSR count). The van der Waals surface area contributed by atoms with E-state index in [0.717, 1.165) is 47.4 Å². The molecule has 1 heterocycles. The fraction of sp³-hybridized carbons (Fsp3) is 0.600. The predicted molar refractivity (Wildman–Crippen MR) is 126 cm³/mol. The van der Waals surface area contributed by atoms with Crippen molar-refractivity contribution in [3.8, 4) is 0 Å². The van der Waals surface area contributed by atoms with Crippen LogP contribution in [0.1, 0.15) is 62.5 Å². The highest BCUT2D eigenvalue weighted by Gasteiger charge is 2.68. The molecule has 3 unspecified atom stereocenters. The summed E-state index contributed by atoms with van der Waals surface area (Å²) < 4.78 is 12.6. The zero-order valence-corrected chi connectivity index (χ0v) is 20.6. The lowest BCUT2D eigenvalue weighted by atomic mass is 9.51. The van der Waals surface area contributed by atoms with Crippen molar-refractivity contribution >= 4 is 17.8 Å². The Bertz CT molecular complexity index is 839. The number of carbonyl (C=O) groups is 1. The first-order valence-electron chi connectivity index (χ1n) is 10.9. The first-order valence-corrected chi connectivity index (χ1v) is 11.8. The highest BCUT2D eigenvalue weighted by Crippen LogP contribution is 2.71. The van der Waals surface area contributed by atoms with Gasteiger partial charge in [-0.05, 0) is 69.9 Å². The van der Waals surface area contributed by atoms with Crippen molar-refractivity contribution in [2.24, 2.45) is 16.7 Å². The van der Waals surface area contributed by atoms with Crippen LogP contribution in [0, 0.1) is 30.6 Å². The van der Waals surface area contributed by atoms with Crippen LogP contribution in [0.15, 0.2) is 36.3 Å². The Morgan fingerprint density at radius 2 is 2.00 bits per heavy atom. The molecule has 3 atom stereocenters. The zero-order chi connectivity index (χ0) is 23.2. The van der Waals surface area contributed by atoms with Gasteiger partial charge in [0.05, 0.1) is 17.3 Å². The minimum absolute atomic E-state index is 0.250. The third-order valence-corrected chi connectivity index (χ3v) is 8.35. The fourth-order valence-electron chi connectivity index (χ4n) is 4.94. The molecule has 1 N–H and O–H groups in total. The molecule has 3 saturated carbocycles. The number of carboxylic acid groups (broad SMARTS) is 1. The maximum Gasteiger partial charge on any atom is 0.290 e. The second kappa shape index (κ2) is 10.5. The monoisotopic (exact) mass is 447 g/mol. The Kier molecular flexibility index (Phi) is 8.52. The lowest BCUT2D eigenvalue weighted by molar-refractivity contribution is -0.122. The van der Waals surface area contributed by atoms with Crippen LogP contribution in [0.3, 0.4) is 0 Å². The summed E-state index contributed by atoms with van der Waals surface area (Å²) in [5.74, 6) is 2.42. The van der Waals surface area contributed by atoms with E-state index in [1.165, 1.54) is 11.3 Å². The second-order valence-electron chi connectivity index (χ2n) is 9.10. The third kappa shape index (κ3) is 5.22. The third-order valence-electron chi connectivity index (χ3n) is 7.22. The molecule has 172 valence electrons. The molecule has 0 spiro atoms. The smallest absolute Gasteiger partial charge is 0.290 e. The number of aryl methyl sites for hydroxylation is 3. The molecule has 0 aromatic carbocycles. The van der Waals surface area contributed by atoms with Gasteiger partial charge < -0.3 is 14.6 Å². The number of nitrogens with zero attached hydrogens (tertiary/aromatic N) is 1. The van der Waals surface area contributed by atoms with Crippen LogP contribution >= 0.6 is 11.3 Å². The summed E-state index contributed by atoms with van der Waals surface area (Å²) in [4.78, 5) is 14.2. The highest BCUT2D eigenvalue weighted by atomic mass is 32.1. The molecule has 2 bridgehead atoms. The Hall–Kier alpha value is -2.08. The number of ether oxygens (including phenoxy) is 2. The molecule has 31 heavy (non-hydrogen) atoms. The predicted octanol–water partition coefficient (Wildman–Crippen LogP) is 6.22. The van der Waals surface area contributed by atoms with Crippen molar-refractivity contribution in [3.63, 3.8) is 0 Å². The van der Waals surface area contributed by atoms with E-state index in [1.54, 1.807) is 17.4 Å². The van der Waals surface area contributed by atoms with Crippen molar-refractivity contribution in [2.75, 3.05) is 6.61 Å². The molecular formula is C25H37NO4S. The first-order chi connectivity index (χ1) is 14.6. The molecule has 0 amide bonds. The van der Waals surface area contributed by atoms with Gasteiger partial charge in [-0.25, -0.2) is 4.98 Å². The molecule has 3 aliphatic carbocycles. The molecular weight excluding hydrogens is 410 g/mol. The summed E-state index contributed by atoms with van der Waals surface area (Å²) in [5.41, 5.74) is 1.77. The van der Waals surface area contributed by atoms with Gasteiger partial charge >= 0.3 is 0 Å². The maximum atomic E-state index is 8.36. The summed E-state index contributed by atoms with van der Waals surface area (Å²) in [7, 11) is 0. The van der Waals surface area contributed by atoms with E-state index in [0.29, 0.717) is 12.0 Å². The van der Waals surface area contributed by atoms with Gasteiger partial charge in [-0.1, -0.05) is 33.4 Å². The maximum absolute atomic E-state index is 8.36. The summed E-state index contributed by atoms with van der Waals surface area (Å²) in [6, 6.07) is 0. The number of allylic oxidation sites excluding steroid dienone is 3. The Labute approximate surface area is 190 Å². The average Bonchev–Trinajstić information content (AvgIpc) is 3.29. The van der Waals surface area contributed by atoms with E-state index >= 15 is 0 Å². The highest BCUT2D eigenvalue weighted by molar-refractivity contribution is 7.11. The lowest BCUT2D eigenvalue weighted by Crippen LogP contribution is -2.49. The Morgan fingerprint density at radius 3 is 2.45 bits per heavy atom. The molecule has 6 heteroatoms. The van der Waals surface area contributed by atoms with E-state index in [9.17, 15) is 0 Å². The number of hydrogen-bond acceptors (Lipinski definition) is 5. The first kappa shape index (κ1) is 25.2. The van der Waals surface area contributed by atoms with E-state index in [4.69, 9.17) is 19.4 Å². The summed E-state index contributed by atoms with van der Waals surface area (Å²) in [5, 5.41) is 8.02. The Balaban J connectivity index is 0.00000107. The largest absolute Gasteiger partial charge is 0.490 e. The van der Waals surface area contributed by atoms with Gasteiger partial charge in [-0.15, -0.1) is 11.3 Å². The van der Waals surface area contributed by atoms with Crippen LogP contribution in [-0.4, -0.2) is 29.3 Å². The SMILES string of the molecule is C=C/C=C(OCCCc1sc(C)nc1C)\C(=C/C)OC1CC2CC1(C)C2(C)C.O=CO. The number of rotatable bonds is 9. The zero-order valence-electron chi connectivity index (χ0n) is 19.7. The van der Waals surface area contributed by atoms with Gasteiger partial charge in [0.2, 0.25) is 0 Å². The van der Waals surface area contributed by atoms with E-state index in [2.05, 4.69) is 46.2 Å². The second-order valence-corrected chi connectivity index (χ2v) is 10.4. The van der Waals surface area contributed by atoms with Gasteiger partial charge in [-0.2, -0.15) is 0 Å². The average molecular weight is 448 g/mol. The minimum Gasteiger partial charge on any atom is -0.490 e. The van der Waals surface area contributed by atoms with E-state index < -0.39 is 0 Å². The van der Waals surface area contributed by atoms with Gasteiger partial charge in [0, 0.05) is 10.3 Å². The van der Waals surface area contributed by atoms with Gasteiger partial charge in [-0.3, -0.25) is 4.79 Å². The molecule has 1 aromatic rings. The number of fused-ring (bicyclic) bond motifs is 1. The standard InChI is InChI=1S/C24H35NO2S.CH2O2/c1-8-11-20(26-13-10-12-21-16(3)25-17(4)28-21)19(9-2)27-22-14-18-15-24(22,7)23(18,5)6;2-1-3/h8-9,11,18,22H,1,10,12-15H2,2-7H3;1H,(H,2,3)/b19-9+,20-11+;. The van der Waals surface area contributed by atoms with Crippen molar-refractivity contribution in [1.29, 1.82) is 0 Å². The molecule has 5 nitrogen and oxygen atoms in total. The molecule has 0 saturated heterocycles. The molecule has 3 aliphatic rings. The molecule has 3 fully saturated rings. The van der Waals surface area contributed by atoms with Crippen LogP contribution in [-0.2, 0) is 20.7 Å². The lowest BCUT2D eigenvalue weighted by Gasteiger charge is -2.54. The van der Waals surface area contributed by atoms with Gasteiger partial charge in [0.15, 0.2) is 11.5 Å². The van der Waals surface area contributed by atoms with Crippen LogP contribution in [0.2, 0.25) is 0 Å². The molecule has 1 aromatic heterocycles. The van der Waals surface area contributed by atoms with Crippen molar-refractivity contribution in [1.82, 2.24) is 4.98 Å². The van der Waals surface area contributed by atoms with Crippen molar-refractivity contribution < 1.29 is 19.4 Å². The fourth-order valence-corrected chi connectivity index (χ4v) is 5.92. The van der Waals surface area contributed by atoms with Gasteiger partial charge in [0.25, 0.3) is 6.47 Å². The topological polar surface area (TPSA) is 68.7 Å². The van der Waals surface area contributed by atoms with E-state index in [1.807, 2.05) is 19.1 Å². The molecule has 0 radical (unpaired) electrons. The van der Waals surface area contributed by atoms with Gasteiger partial charge in [0.1, 0.15) is 6.10 Å². The molecule has 0 aliphatic heterocycles. The van der Waals surface area contributed by atoms with Crippen LogP contribution in [0.5, 0.6) is 0 Å². The minimum atomic E-state index is -0.250. The Morgan fingerprint density at radius 1 is 1.32 bits per heavy atom. The van der Waals surface area contributed by atoms with E-state index in [-0.39, 0.29) is 18.0 Å².